The Hall–Kier alpha value is -3.46. The number of nitrogens with zero attached hydrogens (tertiary/aromatic N) is 1. The third kappa shape index (κ3) is 7.07. The van der Waals surface area contributed by atoms with E-state index in [0.29, 0.717) is 12.8 Å². The molecule has 0 aliphatic carbocycles. The van der Waals surface area contributed by atoms with E-state index in [1.165, 1.54) is 18.2 Å². The molecule has 0 spiro atoms. The van der Waals surface area contributed by atoms with Crippen molar-refractivity contribution in [3.63, 3.8) is 0 Å². The quantitative estimate of drug-likeness (QED) is 0.150. The van der Waals surface area contributed by atoms with Crippen molar-refractivity contribution in [2.24, 2.45) is 5.92 Å². The second-order valence-electron chi connectivity index (χ2n) is 10.9. The summed E-state index contributed by atoms with van der Waals surface area (Å²) in [5.74, 6) is -0.552. The van der Waals surface area contributed by atoms with E-state index >= 15 is 0 Å². The molecule has 0 bridgehead atoms. The fraction of sp³-hybridized carbons (Fsp3) is 0.364. The first kappa shape index (κ1) is 29.0. The van der Waals surface area contributed by atoms with Crippen molar-refractivity contribution in [1.29, 1.82) is 0 Å². The van der Waals surface area contributed by atoms with Gasteiger partial charge >= 0.3 is 5.97 Å². The van der Waals surface area contributed by atoms with Gasteiger partial charge in [0.1, 0.15) is 0 Å². The highest BCUT2D eigenvalue weighted by Crippen LogP contribution is 2.36. The number of H-pyrrole nitrogens is 1. The molecular weight excluding hydrogens is 536 g/mol. The third-order valence-corrected chi connectivity index (χ3v) is 9.27. The van der Waals surface area contributed by atoms with Crippen LogP contribution in [0, 0.1) is 12.8 Å². The SMILES string of the molecule is COC(=O)C1CC(CCCOS(=O)(=O)c2cccc(C)c2)CN(Cc2ccccc2)CCc2c1[nH]c1ccccc21. The summed E-state index contributed by atoms with van der Waals surface area (Å²) in [6.07, 6.45) is 2.69. The lowest BCUT2D eigenvalue weighted by Crippen LogP contribution is -2.31. The number of hydrogen-bond donors (Lipinski definition) is 1. The molecule has 0 saturated carbocycles. The lowest BCUT2D eigenvalue weighted by Gasteiger charge is -2.28. The van der Waals surface area contributed by atoms with E-state index in [1.54, 1.807) is 18.2 Å². The van der Waals surface area contributed by atoms with Crippen LogP contribution in [0.5, 0.6) is 0 Å². The Labute approximate surface area is 242 Å². The molecule has 0 fully saturated rings. The maximum Gasteiger partial charge on any atom is 0.314 e. The molecule has 0 amide bonds. The number of nitrogens with one attached hydrogen (secondary N) is 1. The third-order valence-electron chi connectivity index (χ3n) is 7.97. The Bertz CT molecular complexity index is 1580. The fourth-order valence-corrected chi connectivity index (χ4v) is 7.02. The Balaban J connectivity index is 1.38. The Morgan fingerprint density at radius 3 is 2.59 bits per heavy atom. The zero-order chi connectivity index (χ0) is 28.8. The Kier molecular flexibility index (Phi) is 9.22. The van der Waals surface area contributed by atoms with Gasteiger partial charge in [0.2, 0.25) is 0 Å². The van der Waals surface area contributed by atoms with Crippen LogP contribution >= 0.6 is 0 Å². The predicted octanol–water partition coefficient (Wildman–Crippen LogP) is 5.98. The van der Waals surface area contributed by atoms with Crippen LogP contribution < -0.4 is 0 Å². The van der Waals surface area contributed by atoms with Crippen LogP contribution in [0.1, 0.15) is 47.6 Å². The molecule has 41 heavy (non-hydrogen) atoms. The molecule has 1 aromatic heterocycles. The van der Waals surface area contributed by atoms with Gasteiger partial charge in [0.15, 0.2) is 0 Å². The number of para-hydroxylation sites is 1. The predicted molar refractivity (Wildman–Crippen MR) is 160 cm³/mol. The summed E-state index contributed by atoms with van der Waals surface area (Å²) < 4.78 is 36.2. The van der Waals surface area contributed by atoms with E-state index in [2.05, 4.69) is 40.2 Å². The number of hydrogen-bond acceptors (Lipinski definition) is 6. The second-order valence-corrected chi connectivity index (χ2v) is 12.6. The fourth-order valence-electron chi connectivity index (χ4n) is 5.97. The van der Waals surface area contributed by atoms with Crippen molar-refractivity contribution in [2.75, 3.05) is 26.8 Å². The highest BCUT2D eigenvalue weighted by Gasteiger charge is 2.32. The number of aromatic amines is 1. The van der Waals surface area contributed by atoms with Gasteiger partial charge in [-0.1, -0.05) is 60.7 Å². The van der Waals surface area contributed by atoms with E-state index in [-0.39, 0.29) is 23.4 Å². The highest BCUT2D eigenvalue weighted by atomic mass is 32.2. The first-order valence-electron chi connectivity index (χ1n) is 14.2. The monoisotopic (exact) mass is 574 g/mol. The maximum absolute atomic E-state index is 13.2. The molecule has 2 heterocycles. The first-order valence-corrected chi connectivity index (χ1v) is 15.6. The number of benzene rings is 3. The standard InChI is InChI=1S/C33H38N2O5S/c1-24-10-8-14-27(20-24)41(37,38)40-19-9-13-26-21-30(33(36)39-2)32-29(28-15-6-7-16-31(28)34-32)17-18-35(23-26)22-25-11-4-3-5-12-25/h3-8,10-12,14-16,20,26,30,34H,9,13,17-19,21-23H2,1-2H3. The molecule has 5 rings (SSSR count). The molecule has 3 aromatic carbocycles. The van der Waals surface area contributed by atoms with E-state index in [4.69, 9.17) is 8.92 Å². The molecular formula is C33H38N2O5S. The highest BCUT2D eigenvalue weighted by molar-refractivity contribution is 7.86. The van der Waals surface area contributed by atoms with Crippen LogP contribution in [-0.2, 0) is 36.8 Å². The number of methoxy groups -OCH3 is 1. The second kappa shape index (κ2) is 13.0. The summed E-state index contributed by atoms with van der Waals surface area (Å²) in [6, 6.07) is 25.4. The molecule has 2 unspecified atom stereocenters. The van der Waals surface area contributed by atoms with Crippen molar-refractivity contribution in [2.45, 2.75) is 50.0 Å². The number of carbonyl (C=O) groups excluding carboxylic acids is 1. The zero-order valence-electron chi connectivity index (χ0n) is 23.7. The number of rotatable bonds is 9. The number of aromatic nitrogens is 1. The number of carbonyl (C=O) groups is 1. The van der Waals surface area contributed by atoms with Gasteiger partial charge in [-0.3, -0.25) is 13.9 Å². The molecule has 0 radical (unpaired) electrons. The average Bonchev–Trinajstić information content (AvgIpc) is 3.36. The van der Waals surface area contributed by atoms with Crippen LogP contribution in [0.15, 0.2) is 83.8 Å². The number of esters is 1. The molecule has 216 valence electrons. The van der Waals surface area contributed by atoms with Crippen LogP contribution in [0.2, 0.25) is 0 Å². The van der Waals surface area contributed by atoms with E-state index in [0.717, 1.165) is 54.6 Å². The minimum absolute atomic E-state index is 0.0893. The van der Waals surface area contributed by atoms with E-state index in [1.807, 2.05) is 37.3 Å². The number of ether oxygens (including phenoxy) is 1. The summed E-state index contributed by atoms with van der Waals surface area (Å²) in [6.45, 7) is 4.37. The van der Waals surface area contributed by atoms with Crippen molar-refractivity contribution in [1.82, 2.24) is 9.88 Å². The summed E-state index contributed by atoms with van der Waals surface area (Å²) in [4.78, 5) is 19.4. The molecule has 4 aromatic rings. The van der Waals surface area contributed by atoms with E-state index in [9.17, 15) is 13.2 Å². The van der Waals surface area contributed by atoms with Gasteiger partial charge in [0.25, 0.3) is 10.1 Å². The van der Waals surface area contributed by atoms with Crippen molar-refractivity contribution >= 4 is 27.0 Å². The van der Waals surface area contributed by atoms with Crippen LogP contribution in [0.25, 0.3) is 10.9 Å². The van der Waals surface area contributed by atoms with Gasteiger partial charge < -0.3 is 9.72 Å². The summed E-state index contributed by atoms with van der Waals surface area (Å²) in [7, 11) is -2.39. The normalized spacial score (nSPS) is 18.3. The summed E-state index contributed by atoms with van der Waals surface area (Å²) >= 11 is 0. The first-order chi connectivity index (χ1) is 19.8. The summed E-state index contributed by atoms with van der Waals surface area (Å²) in [5.41, 5.74) is 5.23. The van der Waals surface area contributed by atoms with Crippen molar-refractivity contribution < 1.29 is 22.1 Å². The Morgan fingerprint density at radius 1 is 1.02 bits per heavy atom. The molecule has 1 N–H and O–H groups in total. The van der Waals surface area contributed by atoms with Gasteiger partial charge in [0.05, 0.1) is 24.5 Å². The van der Waals surface area contributed by atoms with Gasteiger partial charge in [-0.25, -0.2) is 0 Å². The van der Waals surface area contributed by atoms with Gasteiger partial charge in [-0.15, -0.1) is 0 Å². The molecule has 0 saturated heterocycles. The smallest absolute Gasteiger partial charge is 0.314 e. The lowest BCUT2D eigenvalue weighted by molar-refractivity contribution is -0.143. The largest absolute Gasteiger partial charge is 0.469 e. The maximum atomic E-state index is 13.2. The van der Waals surface area contributed by atoms with E-state index < -0.39 is 16.0 Å². The molecule has 2 atom stereocenters. The Morgan fingerprint density at radius 2 is 1.80 bits per heavy atom. The van der Waals surface area contributed by atoms with Crippen LogP contribution in [0.3, 0.4) is 0 Å². The van der Waals surface area contributed by atoms with Crippen molar-refractivity contribution in [3.8, 4) is 0 Å². The molecule has 1 aliphatic heterocycles. The van der Waals surface area contributed by atoms with Crippen LogP contribution in [-0.4, -0.2) is 51.1 Å². The van der Waals surface area contributed by atoms with Gasteiger partial charge in [0, 0.05) is 36.2 Å². The lowest BCUT2D eigenvalue weighted by atomic mass is 9.87. The molecule has 7 nitrogen and oxygen atoms in total. The number of fused-ring (bicyclic) bond motifs is 3. The van der Waals surface area contributed by atoms with Crippen LogP contribution in [0.4, 0.5) is 0 Å². The zero-order valence-corrected chi connectivity index (χ0v) is 24.5. The molecule has 8 heteroatoms. The average molecular weight is 575 g/mol. The van der Waals surface area contributed by atoms with Gasteiger partial charge in [-0.2, -0.15) is 8.42 Å². The minimum Gasteiger partial charge on any atom is -0.469 e. The summed E-state index contributed by atoms with van der Waals surface area (Å²) in [5, 5.41) is 1.14. The topological polar surface area (TPSA) is 88.7 Å². The number of aryl methyl sites for hydroxylation is 1. The van der Waals surface area contributed by atoms with Gasteiger partial charge in [-0.05, 0) is 73.4 Å². The van der Waals surface area contributed by atoms with Crippen molar-refractivity contribution in [3.05, 3.63) is 101 Å². The molecule has 1 aliphatic rings. The minimum atomic E-state index is -3.83.